The van der Waals surface area contributed by atoms with Gasteiger partial charge in [0.1, 0.15) is 5.82 Å². The van der Waals surface area contributed by atoms with Crippen molar-refractivity contribution in [3.63, 3.8) is 0 Å². The fourth-order valence-corrected chi connectivity index (χ4v) is 2.42. The molecule has 5 nitrogen and oxygen atoms in total. The van der Waals surface area contributed by atoms with E-state index in [-0.39, 0.29) is 4.90 Å². The van der Waals surface area contributed by atoms with E-state index in [1.807, 2.05) is 0 Å². The van der Waals surface area contributed by atoms with Crippen LogP contribution in [0.15, 0.2) is 23.2 Å². The lowest BCUT2D eigenvalue weighted by molar-refractivity contribution is 0.478. The number of sulfone groups is 1. The Hall–Kier alpha value is -1.14. The summed E-state index contributed by atoms with van der Waals surface area (Å²) >= 11 is 0. The second-order valence-electron chi connectivity index (χ2n) is 4.32. The van der Waals surface area contributed by atoms with Crippen molar-refractivity contribution in [2.75, 3.05) is 24.7 Å². The summed E-state index contributed by atoms with van der Waals surface area (Å²) in [6.07, 6.45) is 4.72. The van der Waals surface area contributed by atoms with Gasteiger partial charge in [-0.15, -0.1) is 0 Å². The molecule has 1 aliphatic rings. The number of pyridine rings is 1. The lowest BCUT2D eigenvalue weighted by Crippen LogP contribution is -2.35. The molecule has 0 aromatic carbocycles. The summed E-state index contributed by atoms with van der Waals surface area (Å²) in [4.78, 5) is 4.39. The summed E-state index contributed by atoms with van der Waals surface area (Å²) < 4.78 is 22.5. The molecule has 1 saturated heterocycles. The van der Waals surface area contributed by atoms with Crippen molar-refractivity contribution >= 4 is 15.7 Å². The first-order chi connectivity index (χ1) is 8.05. The molecule has 17 heavy (non-hydrogen) atoms. The second-order valence-corrected chi connectivity index (χ2v) is 6.34. The van der Waals surface area contributed by atoms with Crippen LogP contribution in [0.2, 0.25) is 0 Å². The highest BCUT2D eigenvalue weighted by Crippen LogP contribution is 2.13. The lowest BCUT2D eigenvalue weighted by Gasteiger charge is -2.24. The number of hydrogen-bond donors (Lipinski definition) is 2. The van der Waals surface area contributed by atoms with E-state index in [1.54, 1.807) is 12.1 Å². The Morgan fingerprint density at radius 1 is 1.35 bits per heavy atom. The van der Waals surface area contributed by atoms with Crippen LogP contribution in [0.5, 0.6) is 0 Å². The second kappa shape index (κ2) is 5.01. The summed E-state index contributed by atoms with van der Waals surface area (Å²) in [7, 11) is -3.15. The molecular weight excluding hydrogens is 238 g/mol. The molecule has 1 aromatic rings. The smallest absolute Gasteiger partial charge is 0.177 e. The number of piperidine rings is 1. The van der Waals surface area contributed by atoms with Crippen LogP contribution in [0.25, 0.3) is 0 Å². The molecule has 0 saturated carbocycles. The van der Waals surface area contributed by atoms with Crippen LogP contribution in [-0.4, -0.2) is 38.8 Å². The molecule has 1 fully saturated rings. The van der Waals surface area contributed by atoms with Crippen LogP contribution in [-0.2, 0) is 9.84 Å². The molecule has 0 amide bonds. The van der Waals surface area contributed by atoms with Gasteiger partial charge in [0.15, 0.2) is 9.84 Å². The van der Waals surface area contributed by atoms with E-state index >= 15 is 0 Å². The standard InChI is InChI=1S/C11H17N3O2S/c1-17(15,16)10-2-3-11(13-8-10)14-9-4-6-12-7-5-9/h2-3,8-9,12H,4-7H2,1H3,(H,13,14). The van der Waals surface area contributed by atoms with Crippen molar-refractivity contribution in [2.45, 2.75) is 23.8 Å². The SMILES string of the molecule is CS(=O)(=O)c1ccc(NC2CCNCC2)nc1. The van der Waals surface area contributed by atoms with Crippen molar-refractivity contribution in [2.24, 2.45) is 0 Å². The van der Waals surface area contributed by atoms with Crippen LogP contribution in [0.3, 0.4) is 0 Å². The molecular formula is C11H17N3O2S. The Morgan fingerprint density at radius 2 is 2.06 bits per heavy atom. The van der Waals surface area contributed by atoms with E-state index in [0.717, 1.165) is 31.7 Å². The molecule has 0 atom stereocenters. The number of rotatable bonds is 3. The number of aromatic nitrogens is 1. The molecule has 1 aromatic heterocycles. The summed E-state index contributed by atoms with van der Waals surface area (Å²) in [5, 5.41) is 6.60. The zero-order chi connectivity index (χ0) is 12.3. The van der Waals surface area contributed by atoms with Gasteiger partial charge in [-0.3, -0.25) is 0 Å². The van der Waals surface area contributed by atoms with Gasteiger partial charge in [0, 0.05) is 18.5 Å². The fourth-order valence-electron chi connectivity index (χ4n) is 1.86. The summed E-state index contributed by atoms with van der Waals surface area (Å²) in [6, 6.07) is 3.73. The molecule has 94 valence electrons. The van der Waals surface area contributed by atoms with E-state index in [4.69, 9.17) is 0 Å². The van der Waals surface area contributed by atoms with E-state index in [2.05, 4.69) is 15.6 Å². The Bertz CT molecular complexity index is 464. The number of hydrogen-bond acceptors (Lipinski definition) is 5. The highest BCUT2D eigenvalue weighted by molar-refractivity contribution is 7.90. The average Bonchev–Trinajstić information content (AvgIpc) is 2.30. The molecule has 2 rings (SSSR count). The van der Waals surface area contributed by atoms with Crippen LogP contribution in [0, 0.1) is 0 Å². The zero-order valence-corrected chi connectivity index (χ0v) is 10.6. The number of nitrogens with one attached hydrogen (secondary N) is 2. The maximum absolute atomic E-state index is 11.3. The van der Waals surface area contributed by atoms with Gasteiger partial charge >= 0.3 is 0 Å². The summed E-state index contributed by atoms with van der Waals surface area (Å²) in [5.74, 6) is 0.740. The molecule has 2 N–H and O–H groups in total. The quantitative estimate of drug-likeness (QED) is 0.830. The van der Waals surface area contributed by atoms with Crippen LogP contribution >= 0.6 is 0 Å². The number of anilines is 1. The van der Waals surface area contributed by atoms with Gasteiger partial charge in [-0.2, -0.15) is 0 Å². The monoisotopic (exact) mass is 255 g/mol. The van der Waals surface area contributed by atoms with Crippen molar-refractivity contribution in [1.82, 2.24) is 10.3 Å². The van der Waals surface area contributed by atoms with Crippen molar-refractivity contribution < 1.29 is 8.42 Å². The van der Waals surface area contributed by atoms with Crippen LogP contribution < -0.4 is 10.6 Å². The van der Waals surface area contributed by atoms with Crippen LogP contribution in [0.4, 0.5) is 5.82 Å². The van der Waals surface area contributed by atoms with Gasteiger partial charge in [0.05, 0.1) is 4.90 Å². The molecule has 0 unspecified atom stereocenters. The zero-order valence-electron chi connectivity index (χ0n) is 9.81. The van der Waals surface area contributed by atoms with E-state index < -0.39 is 9.84 Å². The van der Waals surface area contributed by atoms with Gasteiger partial charge in [-0.05, 0) is 38.1 Å². The van der Waals surface area contributed by atoms with Gasteiger partial charge in [0.2, 0.25) is 0 Å². The first-order valence-corrected chi connectivity index (χ1v) is 7.58. The van der Waals surface area contributed by atoms with Crippen LogP contribution in [0.1, 0.15) is 12.8 Å². The third-order valence-electron chi connectivity index (χ3n) is 2.86. The first kappa shape index (κ1) is 12.3. The maximum atomic E-state index is 11.3. The minimum Gasteiger partial charge on any atom is -0.367 e. The summed E-state index contributed by atoms with van der Waals surface area (Å²) in [5.41, 5.74) is 0. The molecule has 6 heteroatoms. The van der Waals surface area contributed by atoms with E-state index in [0.29, 0.717) is 6.04 Å². The highest BCUT2D eigenvalue weighted by Gasteiger charge is 2.13. The van der Waals surface area contributed by atoms with Gasteiger partial charge in [-0.1, -0.05) is 0 Å². The lowest BCUT2D eigenvalue weighted by atomic mass is 10.1. The molecule has 0 spiro atoms. The normalized spacial score (nSPS) is 17.9. The Balaban J connectivity index is 2.03. The first-order valence-electron chi connectivity index (χ1n) is 5.69. The molecule has 1 aliphatic heterocycles. The average molecular weight is 255 g/mol. The fraction of sp³-hybridized carbons (Fsp3) is 0.545. The Kier molecular flexibility index (Phi) is 3.63. The van der Waals surface area contributed by atoms with Gasteiger partial charge in [-0.25, -0.2) is 13.4 Å². The topological polar surface area (TPSA) is 71.1 Å². The van der Waals surface area contributed by atoms with Crippen molar-refractivity contribution in [3.05, 3.63) is 18.3 Å². The summed E-state index contributed by atoms with van der Waals surface area (Å²) in [6.45, 7) is 2.03. The Labute approximate surface area is 102 Å². The van der Waals surface area contributed by atoms with Gasteiger partial charge in [0.25, 0.3) is 0 Å². The van der Waals surface area contributed by atoms with E-state index in [1.165, 1.54) is 12.5 Å². The molecule has 0 aliphatic carbocycles. The largest absolute Gasteiger partial charge is 0.367 e. The number of nitrogens with zero attached hydrogens (tertiary/aromatic N) is 1. The van der Waals surface area contributed by atoms with E-state index in [9.17, 15) is 8.42 Å². The van der Waals surface area contributed by atoms with Gasteiger partial charge < -0.3 is 10.6 Å². The Morgan fingerprint density at radius 3 is 2.59 bits per heavy atom. The third kappa shape index (κ3) is 3.41. The highest BCUT2D eigenvalue weighted by atomic mass is 32.2. The minimum absolute atomic E-state index is 0.258. The predicted octanol–water partition coefficient (Wildman–Crippen LogP) is 0.649. The molecule has 0 bridgehead atoms. The minimum atomic E-state index is -3.15. The molecule has 0 radical (unpaired) electrons. The molecule has 2 heterocycles. The van der Waals surface area contributed by atoms with Crippen molar-refractivity contribution in [1.29, 1.82) is 0 Å². The third-order valence-corrected chi connectivity index (χ3v) is 3.95. The maximum Gasteiger partial charge on any atom is 0.177 e. The van der Waals surface area contributed by atoms with Crippen molar-refractivity contribution in [3.8, 4) is 0 Å². The predicted molar refractivity (Wildman–Crippen MR) is 66.9 cm³/mol.